The summed E-state index contributed by atoms with van der Waals surface area (Å²) in [6.45, 7) is 5.66. The molecular weight excluding hydrogens is 144 g/mol. The van der Waals surface area contributed by atoms with Gasteiger partial charge in [0.1, 0.15) is 0 Å². The van der Waals surface area contributed by atoms with E-state index in [0.29, 0.717) is 12.6 Å². The maximum Gasteiger partial charge on any atom is 0.317 e. The zero-order valence-corrected chi connectivity index (χ0v) is 7.05. The van der Waals surface area contributed by atoms with E-state index in [0.717, 1.165) is 6.54 Å². The number of hydrogen-bond acceptors (Lipinski definition) is 3. The Bertz CT molecular complexity index is 115. The summed E-state index contributed by atoms with van der Waals surface area (Å²) in [5.41, 5.74) is 0. The molecule has 0 unspecified atom stereocenters. The molecule has 0 spiro atoms. The molecule has 0 fully saturated rings. The van der Waals surface area contributed by atoms with Crippen LogP contribution in [0, 0.1) is 0 Å². The summed E-state index contributed by atoms with van der Waals surface area (Å²) in [6, 6.07) is 0.460. The highest BCUT2D eigenvalue weighted by Gasteiger charge is 1.94. The van der Waals surface area contributed by atoms with Gasteiger partial charge in [0.25, 0.3) is 0 Å². The van der Waals surface area contributed by atoms with E-state index in [1.165, 1.54) is 0 Å². The molecule has 4 heteroatoms. The Kier molecular flexibility index (Phi) is 5.78. The molecule has 0 saturated carbocycles. The van der Waals surface area contributed by atoms with E-state index in [9.17, 15) is 4.79 Å². The molecule has 0 aliphatic rings. The third-order valence-corrected chi connectivity index (χ3v) is 1.13. The maximum atomic E-state index is 10.0. The van der Waals surface area contributed by atoms with Crippen LogP contribution in [0.25, 0.3) is 0 Å². The molecule has 0 bridgehead atoms. The average Bonchev–Trinajstić information content (AvgIpc) is 1.85. The summed E-state index contributed by atoms with van der Waals surface area (Å²) in [5.74, 6) is -0.811. The Morgan fingerprint density at radius 3 is 2.55 bits per heavy atom. The quantitative estimate of drug-likeness (QED) is 0.465. The van der Waals surface area contributed by atoms with Crippen LogP contribution in [-0.4, -0.2) is 36.8 Å². The molecule has 11 heavy (non-hydrogen) atoms. The van der Waals surface area contributed by atoms with Gasteiger partial charge in [-0.15, -0.1) is 0 Å². The lowest BCUT2D eigenvalue weighted by molar-refractivity contribution is -0.135. The first-order valence-electron chi connectivity index (χ1n) is 3.79. The molecule has 0 saturated heterocycles. The second kappa shape index (κ2) is 6.12. The van der Waals surface area contributed by atoms with Crippen molar-refractivity contribution in [3.63, 3.8) is 0 Å². The van der Waals surface area contributed by atoms with Crippen LogP contribution in [0.2, 0.25) is 0 Å². The van der Waals surface area contributed by atoms with Crippen molar-refractivity contribution in [2.24, 2.45) is 0 Å². The summed E-state index contributed by atoms with van der Waals surface area (Å²) in [4.78, 5) is 10.0. The third-order valence-electron chi connectivity index (χ3n) is 1.13. The Morgan fingerprint density at radius 2 is 2.09 bits per heavy atom. The van der Waals surface area contributed by atoms with Gasteiger partial charge in [0, 0.05) is 19.1 Å². The number of aliphatic carboxylic acids is 1. The second-order valence-corrected chi connectivity index (χ2v) is 2.68. The van der Waals surface area contributed by atoms with Gasteiger partial charge in [-0.1, -0.05) is 13.8 Å². The summed E-state index contributed by atoms with van der Waals surface area (Å²) < 4.78 is 0. The lowest BCUT2D eigenvalue weighted by atomic mass is 10.4. The standard InChI is InChI=1S/C7H16N2O2/c1-6(2)9-4-3-8-5-7(10)11/h6,8-9H,3-5H2,1-2H3,(H,10,11). The molecule has 0 heterocycles. The highest BCUT2D eigenvalue weighted by atomic mass is 16.4. The minimum atomic E-state index is -0.811. The largest absolute Gasteiger partial charge is 0.480 e. The SMILES string of the molecule is CC(C)NCCNCC(=O)O. The van der Waals surface area contributed by atoms with Crippen LogP contribution in [0.3, 0.4) is 0 Å². The molecule has 66 valence electrons. The predicted molar refractivity (Wildman–Crippen MR) is 43.6 cm³/mol. The van der Waals surface area contributed by atoms with Gasteiger partial charge in [-0.3, -0.25) is 4.79 Å². The molecular formula is C7H16N2O2. The van der Waals surface area contributed by atoms with Gasteiger partial charge < -0.3 is 15.7 Å². The molecule has 0 aromatic heterocycles. The highest BCUT2D eigenvalue weighted by Crippen LogP contribution is 1.72. The molecule has 0 aromatic rings. The van der Waals surface area contributed by atoms with Crippen LogP contribution in [0.15, 0.2) is 0 Å². The average molecular weight is 160 g/mol. The zero-order chi connectivity index (χ0) is 8.69. The number of nitrogens with one attached hydrogen (secondary N) is 2. The van der Waals surface area contributed by atoms with Crippen LogP contribution < -0.4 is 10.6 Å². The van der Waals surface area contributed by atoms with Crippen molar-refractivity contribution in [3.8, 4) is 0 Å². The van der Waals surface area contributed by atoms with Crippen molar-refractivity contribution in [2.45, 2.75) is 19.9 Å². The van der Waals surface area contributed by atoms with Crippen molar-refractivity contribution >= 4 is 5.97 Å². The molecule has 0 atom stereocenters. The number of carbonyl (C=O) groups is 1. The topological polar surface area (TPSA) is 61.4 Å². The van der Waals surface area contributed by atoms with E-state index in [2.05, 4.69) is 24.5 Å². The van der Waals surface area contributed by atoms with Crippen molar-refractivity contribution in [3.05, 3.63) is 0 Å². The molecule has 0 aromatic carbocycles. The van der Waals surface area contributed by atoms with Crippen LogP contribution >= 0.6 is 0 Å². The van der Waals surface area contributed by atoms with Crippen LogP contribution in [-0.2, 0) is 4.79 Å². The predicted octanol–water partition coefficient (Wildman–Crippen LogP) is -0.341. The van der Waals surface area contributed by atoms with E-state index in [4.69, 9.17) is 5.11 Å². The first-order valence-corrected chi connectivity index (χ1v) is 3.79. The van der Waals surface area contributed by atoms with Crippen LogP contribution in [0.5, 0.6) is 0 Å². The molecule has 0 amide bonds. The molecule has 3 N–H and O–H groups in total. The lowest BCUT2D eigenvalue weighted by Crippen LogP contribution is -2.33. The molecule has 0 rings (SSSR count). The Balaban J connectivity index is 2.97. The first kappa shape index (κ1) is 10.4. The highest BCUT2D eigenvalue weighted by molar-refractivity contribution is 5.68. The Morgan fingerprint density at radius 1 is 1.45 bits per heavy atom. The zero-order valence-electron chi connectivity index (χ0n) is 7.05. The van der Waals surface area contributed by atoms with E-state index >= 15 is 0 Å². The summed E-state index contributed by atoms with van der Waals surface area (Å²) >= 11 is 0. The summed E-state index contributed by atoms with van der Waals surface area (Å²) in [6.07, 6.45) is 0. The fourth-order valence-electron chi connectivity index (χ4n) is 0.645. The van der Waals surface area contributed by atoms with Crippen LogP contribution in [0.1, 0.15) is 13.8 Å². The minimum absolute atomic E-state index is 0.0414. The summed E-state index contributed by atoms with van der Waals surface area (Å²) in [7, 11) is 0. The van der Waals surface area contributed by atoms with Gasteiger partial charge in [-0.2, -0.15) is 0 Å². The number of rotatable bonds is 6. The summed E-state index contributed by atoms with van der Waals surface area (Å²) in [5, 5.41) is 14.2. The fourth-order valence-corrected chi connectivity index (χ4v) is 0.645. The van der Waals surface area contributed by atoms with Gasteiger partial charge in [0.05, 0.1) is 6.54 Å². The van der Waals surface area contributed by atoms with Crippen molar-refractivity contribution in [1.29, 1.82) is 0 Å². The van der Waals surface area contributed by atoms with Gasteiger partial charge in [0.15, 0.2) is 0 Å². The fraction of sp³-hybridized carbons (Fsp3) is 0.857. The van der Waals surface area contributed by atoms with Crippen molar-refractivity contribution < 1.29 is 9.90 Å². The molecule has 0 radical (unpaired) electrons. The van der Waals surface area contributed by atoms with E-state index < -0.39 is 5.97 Å². The van der Waals surface area contributed by atoms with Crippen LogP contribution in [0.4, 0.5) is 0 Å². The number of carboxylic acids is 1. The maximum absolute atomic E-state index is 10.0. The molecule has 0 aliphatic heterocycles. The van der Waals surface area contributed by atoms with E-state index in [-0.39, 0.29) is 6.54 Å². The van der Waals surface area contributed by atoms with Crippen molar-refractivity contribution in [2.75, 3.05) is 19.6 Å². The lowest BCUT2D eigenvalue weighted by Gasteiger charge is -2.07. The van der Waals surface area contributed by atoms with Gasteiger partial charge in [0.2, 0.25) is 0 Å². The Hall–Kier alpha value is -0.610. The number of carboxylic acid groups (broad SMARTS) is 1. The first-order chi connectivity index (χ1) is 5.13. The van der Waals surface area contributed by atoms with Gasteiger partial charge >= 0.3 is 5.97 Å². The molecule has 4 nitrogen and oxygen atoms in total. The van der Waals surface area contributed by atoms with E-state index in [1.807, 2.05) is 0 Å². The van der Waals surface area contributed by atoms with Crippen molar-refractivity contribution in [1.82, 2.24) is 10.6 Å². The van der Waals surface area contributed by atoms with E-state index in [1.54, 1.807) is 0 Å². The third kappa shape index (κ3) is 9.39. The Labute approximate surface area is 67.0 Å². The second-order valence-electron chi connectivity index (χ2n) is 2.68. The monoisotopic (exact) mass is 160 g/mol. The number of hydrogen-bond donors (Lipinski definition) is 3. The minimum Gasteiger partial charge on any atom is -0.480 e. The smallest absolute Gasteiger partial charge is 0.317 e. The van der Waals surface area contributed by atoms with Gasteiger partial charge in [-0.25, -0.2) is 0 Å². The normalized spacial score (nSPS) is 10.5. The van der Waals surface area contributed by atoms with Gasteiger partial charge in [-0.05, 0) is 0 Å². The molecule has 0 aliphatic carbocycles.